The molecule has 0 fully saturated rings. The largest absolute Gasteiger partial charge is 0.392 e. The molecule has 0 saturated heterocycles. The predicted molar refractivity (Wildman–Crippen MR) is 94.1 cm³/mol. The molecule has 1 unspecified atom stereocenters. The smallest absolute Gasteiger partial charge is 0.255 e. The molecule has 2 aromatic rings. The van der Waals surface area contributed by atoms with Crippen LogP contribution in [0, 0.1) is 6.92 Å². The standard InChI is InChI=1S/C19H25N3O2/c1-3-15(23)11-22-8-7-17-16(12-22)19(24)21-18(20-17)10-14-6-4-5-13(2)9-14/h4-6,9,15,23H,3,7-8,10-12H2,1-2H3,(H,20,21,24). The third-order valence-electron chi connectivity index (χ3n) is 4.59. The number of aromatic amines is 1. The molecule has 1 aromatic carbocycles. The van der Waals surface area contributed by atoms with Crippen LogP contribution < -0.4 is 5.56 Å². The van der Waals surface area contributed by atoms with Crippen LogP contribution in [0.25, 0.3) is 0 Å². The van der Waals surface area contributed by atoms with Crippen LogP contribution in [0.15, 0.2) is 29.1 Å². The van der Waals surface area contributed by atoms with E-state index in [9.17, 15) is 9.90 Å². The molecular weight excluding hydrogens is 302 g/mol. The maximum atomic E-state index is 12.5. The van der Waals surface area contributed by atoms with Crippen molar-refractivity contribution in [1.29, 1.82) is 0 Å². The lowest BCUT2D eigenvalue weighted by molar-refractivity contribution is 0.102. The van der Waals surface area contributed by atoms with Gasteiger partial charge in [0.05, 0.1) is 17.4 Å². The van der Waals surface area contributed by atoms with Crippen LogP contribution in [0.4, 0.5) is 0 Å². The highest BCUT2D eigenvalue weighted by molar-refractivity contribution is 5.27. The van der Waals surface area contributed by atoms with Crippen LogP contribution in [-0.4, -0.2) is 39.2 Å². The van der Waals surface area contributed by atoms with E-state index in [1.807, 2.05) is 13.0 Å². The number of aryl methyl sites for hydroxylation is 1. The summed E-state index contributed by atoms with van der Waals surface area (Å²) in [6, 6.07) is 8.26. The van der Waals surface area contributed by atoms with Crippen molar-refractivity contribution in [3.63, 3.8) is 0 Å². The number of nitrogens with one attached hydrogen (secondary N) is 1. The molecule has 1 aromatic heterocycles. The van der Waals surface area contributed by atoms with Gasteiger partial charge in [-0.2, -0.15) is 0 Å². The summed E-state index contributed by atoms with van der Waals surface area (Å²) in [4.78, 5) is 22.2. The van der Waals surface area contributed by atoms with Crippen LogP contribution in [0.1, 0.15) is 41.6 Å². The number of hydrogen-bond acceptors (Lipinski definition) is 4. The van der Waals surface area contributed by atoms with E-state index in [0.717, 1.165) is 42.0 Å². The molecule has 2 N–H and O–H groups in total. The number of benzene rings is 1. The maximum absolute atomic E-state index is 12.5. The molecule has 0 amide bonds. The topological polar surface area (TPSA) is 69.2 Å². The van der Waals surface area contributed by atoms with Crippen LogP contribution in [0.3, 0.4) is 0 Å². The Bertz CT molecular complexity index is 769. The van der Waals surface area contributed by atoms with Gasteiger partial charge in [-0.1, -0.05) is 36.8 Å². The zero-order valence-electron chi connectivity index (χ0n) is 14.4. The van der Waals surface area contributed by atoms with Crippen molar-refractivity contribution in [3.05, 3.63) is 62.8 Å². The van der Waals surface area contributed by atoms with Crippen molar-refractivity contribution in [1.82, 2.24) is 14.9 Å². The highest BCUT2D eigenvalue weighted by atomic mass is 16.3. The lowest BCUT2D eigenvalue weighted by atomic mass is 10.0. The molecule has 24 heavy (non-hydrogen) atoms. The van der Waals surface area contributed by atoms with Gasteiger partial charge < -0.3 is 10.1 Å². The summed E-state index contributed by atoms with van der Waals surface area (Å²) in [7, 11) is 0. The van der Waals surface area contributed by atoms with Gasteiger partial charge in [-0.15, -0.1) is 0 Å². The summed E-state index contributed by atoms with van der Waals surface area (Å²) in [5, 5.41) is 9.81. The fourth-order valence-electron chi connectivity index (χ4n) is 3.21. The molecule has 128 valence electrons. The molecule has 0 radical (unpaired) electrons. The number of aliphatic hydroxyl groups excluding tert-OH is 1. The fraction of sp³-hybridized carbons (Fsp3) is 0.474. The number of aromatic nitrogens is 2. The Balaban J connectivity index is 1.78. The minimum absolute atomic E-state index is 0.0432. The Labute approximate surface area is 142 Å². The highest BCUT2D eigenvalue weighted by Gasteiger charge is 2.22. The Morgan fingerprint density at radius 1 is 1.42 bits per heavy atom. The van der Waals surface area contributed by atoms with Gasteiger partial charge in [0.1, 0.15) is 5.82 Å². The SMILES string of the molecule is CCC(O)CN1CCc2nc(Cc3cccc(C)c3)[nH]c(=O)c2C1. The first kappa shape index (κ1) is 16.9. The minimum atomic E-state index is -0.334. The minimum Gasteiger partial charge on any atom is -0.392 e. The maximum Gasteiger partial charge on any atom is 0.255 e. The quantitative estimate of drug-likeness (QED) is 0.878. The molecule has 3 rings (SSSR count). The summed E-state index contributed by atoms with van der Waals surface area (Å²) in [6.07, 6.45) is 1.80. The average molecular weight is 327 g/mol. The molecular formula is C19H25N3O2. The van der Waals surface area contributed by atoms with Crippen LogP contribution in [0.2, 0.25) is 0 Å². The van der Waals surface area contributed by atoms with Crippen LogP contribution >= 0.6 is 0 Å². The van der Waals surface area contributed by atoms with Gasteiger partial charge in [-0.05, 0) is 18.9 Å². The van der Waals surface area contributed by atoms with Gasteiger partial charge >= 0.3 is 0 Å². The first-order valence-electron chi connectivity index (χ1n) is 8.62. The van der Waals surface area contributed by atoms with Gasteiger partial charge in [-0.3, -0.25) is 9.69 Å². The van der Waals surface area contributed by atoms with Gasteiger partial charge in [0, 0.05) is 32.5 Å². The van der Waals surface area contributed by atoms with Crippen molar-refractivity contribution in [2.45, 2.75) is 45.8 Å². The third-order valence-corrected chi connectivity index (χ3v) is 4.59. The molecule has 1 atom stereocenters. The first-order valence-corrected chi connectivity index (χ1v) is 8.62. The highest BCUT2D eigenvalue weighted by Crippen LogP contribution is 2.15. The lowest BCUT2D eigenvalue weighted by Gasteiger charge is -2.29. The van der Waals surface area contributed by atoms with Gasteiger partial charge in [0.15, 0.2) is 0 Å². The number of rotatable bonds is 5. The normalized spacial score (nSPS) is 16.0. The zero-order chi connectivity index (χ0) is 17.1. The van der Waals surface area contributed by atoms with Crippen LogP contribution in [-0.2, 0) is 19.4 Å². The van der Waals surface area contributed by atoms with E-state index in [4.69, 9.17) is 0 Å². The molecule has 1 aliphatic heterocycles. The van der Waals surface area contributed by atoms with Crippen molar-refractivity contribution in [3.8, 4) is 0 Å². The molecule has 1 aliphatic rings. The monoisotopic (exact) mass is 327 g/mol. The summed E-state index contributed by atoms with van der Waals surface area (Å²) < 4.78 is 0. The second kappa shape index (κ2) is 7.28. The number of nitrogens with zero attached hydrogens (tertiary/aromatic N) is 2. The Kier molecular flexibility index (Phi) is 5.11. The molecule has 5 heteroatoms. The first-order chi connectivity index (χ1) is 11.5. The molecule has 0 saturated carbocycles. The van der Waals surface area contributed by atoms with Crippen molar-refractivity contribution in [2.24, 2.45) is 0 Å². The number of fused-ring (bicyclic) bond motifs is 1. The third kappa shape index (κ3) is 3.91. The predicted octanol–water partition coefficient (Wildman–Crippen LogP) is 1.80. The average Bonchev–Trinajstić information content (AvgIpc) is 2.55. The number of β-amino-alcohol motifs (C(OH)–C–C–N with tert-alkyl or cyclic N) is 1. The van der Waals surface area contributed by atoms with Gasteiger partial charge in [-0.25, -0.2) is 4.98 Å². The van der Waals surface area contributed by atoms with Crippen LogP contribution in [0.5, 0.6) is 0 Å². The molecule has 0 spiro atoms. The Hall–Kier alpha value is -1.98. The number of hydrogen-bond donors (Lipinski definition) is 2. The van der Waals surface area contributed by atoms with E-state index >= 15 is 0 Å². The Morgan fingerprint density at radius 2 is 2.25 bits per heavy atom. The zero-order valence-corrected chi connectivity index (χ0v) is 14.4. The molecule has 0 bridgehead atoms. The van der Waals surface area contributed by atoms with Crippen molar-refractivity contribution >= 4 is 0 Å². The summed E-state index contributed by atoms with van der Waals surface area (Å²) >= 11 is 0. The van der Waals surface area contributed by atoms with Crippen molar-refractivity contribution in [2.75, 3.05) is 13.1 Å². The second-order valence-electron chi connectivity index (χ2n) is 6.65. The van der Waals surface area contributed by atoms with Crippen molar-refractivity contribution < 1.29 is 5.11 Å². The molecule has 5 nitrogen and oxygen atoms in total. The summed E-state index contributed by atoms with van der Waals surface area (Å²) in [5.74, 6) is 0.728. The molecule has 2 heterocycles. The number of aliphatic hydroxyl groups is 1. The van der Waals surface area contributed by atoms with Gasteiger partial charge in [0.25, 0.3) is 5.56 Å². The van der Waals surface area contributed by atoms with E-state index in [1.165, 1.54) is 5.56 Å². The summed E-state index contributed by atoms with van der Waals surface area (Å²) in [5.41, 5.74) is 3.97. The molecule has 0 aliphatic carbocycles. The van der Waals surface area contributed by atoms with E-state index in [1.54, 1.807) is 0 Å². The van der Waals surface area contributed by atoms with E-state index in [2.05, 4.69) is 40.0 Å². The lowest BCUT2D eigenvalue weighted by Crippen LogP contribution is -2.40. The van der Waals surface area contributed by atoms with E-state index < -0.39 is 0 Å². The van der Waals surface area contributed by atoms with Gasteiger partial charge in [0.2, 0.25) is 0 Å². The van der Waals surface area contributed by atoms with E-state index in [0.29, 0.717) is 19.5 Å². The summed E-state index contributed by atoms with van der Waals surface area (Å²) in [6.45, 7) is 6.05. The Morgan fingerprint density at radius 3 is 3.00 bits per heavy atom. The second-order valence-corrected chi connectivity index (χ2v) is 6.65. The number of H-pyrrole nitrogens is 1. The van der Waals surface area contributed by atoms with E-state index in [-0.39, 0.29) is 11.7 Å². The fourth-order valence-corrected chi connectivity index (χ4v) is 3.21.